The Bertz CT molecular complexity index is 308. The highest BCUT2D eigenvalue weighted by Gasteiger charge is 2.18. The molecule has 2 unspecified atom stereocenters. The molecule has 0 amide bonds. The zero-order valence-electron chi connectivity index (χ0n) is 10.4. The van der Waals surface area contributed by atoms with E-state index in [9.17, 15) is 5.11 Å². The fourth-order valence-corrected chi connectivity index (χ4v) is 1.80. The number of hydrogen-bond acceptors (Lipinski definition) is 5. The molecule has 0 aromatic carbocycles. The molecule has 0 saturated carbocycles. The summed E-state index contributed by atoms with van der Waals surface area (Å²) in [5.74, 6) is 0. The first-order valence-corrected chi connectivity index (χ1v) is 5.67. The Morgan fingerprint density at radius 2 is 2.29 bits per heavy atom. The number of nitrogens with two attached hydrogens (primary N) is 1. The van der Waals surface area contributed by atoms with Gasteiger partial charge < -0.3 is 15.6 Å². The van der Waals surface area contributed by atoms with E-state index in [0.29, 0.717) is 19.7 Å². The summed E-state index contributed by atoms with van der Waals surface area (Å²) in [4.78, 5) is 6.28. The SMILES string of the molecule is COCC(O)CN(C)C(CN)c1ccccn1. The van der Waals surface area contributed by atoms with E-state index in [2.05, 4.69) is 4.98 Å². The van der Waals surface area contributed by atoms with Gasteiger partial charge in [0.2, 0.25) is 0 Å². The minimum Gasteiger partial charge on any atom is -0.389 e. The average Bonchev–Trinajstić information content (AvgIpc) is 2.31. The lowest BCUT2D eigenvalue weighted by molar-refractivity contribution is 0.0344. The molecule has 17 heavy (non-hydrogen) atoms. The summed E-state index contributed by atoms with van der Waals surface area (Å²) in [5.41, 5.74) is 6.68. The third-order valence-corrected chi connectivity index (χ3v) is 2.64. The lowest BCUT2D eigenvalue weighted by Crippen LogP contribution is -2.38. The number of likely N-dealkylation sites (N-methyl/N-ethyl adjacent to an activating group) is 1. The smallest absolute Gasteiger partial charge is 0.0900 e. The fraction of sp³-hybridized carbons (Fsp3) is 0.583. The number of nitrogens with zero attached hydrogens (tertiary/aromatic N) is 2. The zero-order chi connectivity index (χ0) is 12.7. The second kappa shape index (κ2) is 7.34. The molecule has 1 rings (SSSR count). The quantitative estimate of drug-likeness (QED) is 0.702. The van der Waals surface area contributed by atoms with E-state index in [1.165, 1.54) is 0 Å². The highest BCUT2D eigenvalue weighted by molar-refractivity contribution is 5.09. The molecule has 0 aliphatic rings. The highest BCUT2D eigenvalue weighted by atomic mass is 16.5. The van der Waals surface area contributed by atoms with Crippen LogP contribution in [0.1, 0.15) is 11.7 Å². The summed E-state index contributed by atoms with van der Waals surface area (Å²) in [7, 11) is 3.49. The minimum absolute atomic E-state index is 0.0164. The van der Waals surface area contributed by atoms with Gasteiger partial charge in [0, 0.05) is 26.4 Å². The van der Waals surface area contributed by atoms with Crippen LogP contribution >= 0.6 is 0 Å². The molecule has 1 heterocycles. The van der Waals surface area contributed by atoms with Gasteiger partial charge in [-0.1, -0.05) is 6.07 Å². The first-order chi connectivity index (χ1) is 8.19. The average molecular weight is 239 g/mol. The van der Waals surface area contributed by atoms with Gasteiger partial charge in [0.1, 0.15) is 0 Å². The second-order valence-electron chi connectivity index (χ2n) is 4.05. The Hall–Kier alpha value is -1.01. The van der Waals surface area contributed by atoms with Gasteiger partial charge in [0.05, 0.1) is 24.4 Å². The largest absolute Gasteiger partial charge is 0.389 e. The van der Waals surface area contributed by atoms with Crippen LogP contribution in [-0.4, -0.2) is 54.9 Å². The molecule has 0 spiro atoms. The van der Waals surface area contributed by atoms with Crippen LogP contribution in [0.5, 0.6) is 0 Å². The molecule has 3 N–H and O–H groups in total. The van der Waals surface area contributed by atoms with Crippen LogP contribution in [0.2, 0.25) is 0 Å². The van der Waals surface area contributed by atoms with Crippen molar-refractivity contribution in [2.24, 2.45) is 5.73 Å². The van der Waals surface area contributed by atoms with Crippen molar-refractivity contribution in [1.29, 1.82) is 0 Å². The number of ether oxygens (including phenoxy) is 1. The van der Waals surface area contributed by atoms with Crippen molar-refractivity contribution in [3.63, 3.8) is 0 Å². The van der Waals surface area contributed by atoms with Gasteiger partial charge in [0.15, 0.2) is 0 Å². The van der Waals surface area contributed by atoms with E-state index in [-0.39, 0.29) is 6.04 Å². The van der Waals surface area contributed by atoms with Crippen molar-refractivity contribution >= 4 is 0 Å². The third kappa shape index (κ3) is 4.40. The van der Waals surface area contributed by atoms with Gasteiger partial charge in [0.25, 0.3) is 0 Å². The summed E-state index contributed by atoms with van der Waals surface area (Å²) in [6.07, 6.45) is 1.24. The molecule has 0 radical (unpaired) electrons. The Kier molecular flexibility index (Phi) is 6.07. The standard InChI is InChI=1S/C12H21N3O2/c1-15(8-10(16)9-17-2)12(7-13)11-5-3-4-6-14-11/h3-6,10,12,16H,7-9,13H2,1-2H3. The van der Waals surface area contributed by atoms with Gasteiger partial charge in [-0.3, -0.25) is 9.88 Å². The number of rotatable bonds is 7. The summed E-state index contributed by atoms with van der Waals surface area (Å²) < 4.78 is 4.90. The lowest BCUT2D eigenvalue weighted by Gasteiger charge is -2.28. The molecule has 1 aromatic rings. The van der Waals surface area contributed by atoms with Crippen LogP contribution in [0.3, 0.4) is 0 Å². The summed E-state index contributed by atoms with van der Waals surface area (Å²) in [6, 6.07) is 5.76. The Morgan fingerprint density at radius 1 is 1.53 bits per heavy atom. The molecule has 5 heteroatoms. The number of aliphatic hydroxyl groups is 1. The van der Waals surface area contributed by atoms with Crippen LogP contribution in [0.25, 0.3) is 0 Å². The van der Waals surface area contributed by atoms with Gasteiger partial charge in [-0.15, -0.1) is 0 Å². The summed E-state index contributed by atoms with van der Waals surface area (Å²) in [6.45, 7) is 1.29. The topological polar surface area (TPSA) is 71.6 Å². The van der Waals surface area contributed by atoms with E-state index in [4.69, 9.17) is 10.5 Å². The molecule has 0 saturated heterocycles. The predicted molar refractivity (Wildman–Crippen MR) is 66.5 cm³/mol. The van der Waals surface area contributed by atoms with Crippen LogP contribution in [0.4, 0.5) is 0 Å². The van der Waals surface area contributed by atoms with E-state index < -0.39 is 6.10 Å². The summed E-state index contributed by atoms with van der Waals surface area (Å²) >= 11 is 0. The molecular weight excluding hydrogens is 218 g/mol. The molecular formula is C12H21N3O2. The Balaban J connectivity index is 2.61. The first-order valence-electron chi connectivity index (χ1n) is 5.67. The maximum absolute atomic E-state index is 9.68. The summed E-state index contributed by atoms with van der Waals surface area (Å²) in [5, 5.41) is 9.68. The molecule has 0 bridgehead atoms. The molecule has 5 nitrogen and oxygen atoms in total. The van der Waals surface area contributed by atoms with Crippen molar-refractivity contribution in [1.82, 2.24) is 9.88 Å². The molecule has 2 atom stereocenters. The number of hydrogen-bond donors (Lipinski definition) is 2. The van der Waals surface area contributed by atoms with Crippen LogP contribution in [0, 0.1) is 0 Å². The van der Waals surface area contributed by atoms with Crippen molar-refractivity contribution in [3.05, 3.63) is 30.1 Å². The number of aromatic nitrogens is 1. The van der Waals surface area contributed by atoms with Crippen LogP contribution in [-0.2, 0) is 4.74 Å². The monoisotopic (exact) mass is 239 g/mol. The van der Waals surface area contributed by atoms with Gasteiger partial charge in [-0.05, 0) is 19.2 Å². The van der Waals surface area contributed by atoms with Crippen LogP contribution in [0.15, 0.2) is 24.4 Å². The molecule has 0 fully saturated rings. The third-order valence-electron chi connectivity index (χ3n) is 2.64. The van der Waals surface area contributed by atoms with Crippen LogP contribution < -0.4 is 5.73 Å². The number of pyridine rings is 1. The Labute approximate surface area is 102 Å². The van der Waals surface area contributed by atoms with Gasteiger partial charge >= 0.3 is 0 Å². The van der Waals surface area contributed by atoms with Crippen molar-refractivity contribution in [2.75, 3.05) is 33.9 Å². The van der Waals surface area contributed by atoms with Crippen molar-refractivity contribution in [2.45, 2.75) is 12.1 Å². The predicted octanol–water partition coefficient (Wildman–Crippen LogP) is 0.0205. The number of methoxy groups -OCH3 is 1. The minimum atomic E-state index is -0.511. The van der Waals surface area contributed by atoms with E-state index >= 15 is 0 Å². The van der Waals surface area contributed by atoms with E-state index in [1.54, 1.807) is 13.3 Å². The molecule has 96 valence electrons. The lowest BCUT2D eigenvalue weighted by atomic mass is 10.1. The van der Waals surface area contributed by atoms with E-state index in [1.807, 2.05) is 30.1 Å². The molecule has 0 aliphatic carbocycles. The molecule has 1 aromatic heterocycles. The first kappa shape index (κ1) is 14.1. The molecule has 0 aliphatic heterocycles. The highest BCUT2D eigenvalue weighted by Crippen LogP contribution is 2.15. The van der Waals surface area contributed by atoms with Crippen molar-refractivity contribution in [3.8, 4) is 0 Å². The zero-order valence-corrected chi connectivity index (χ0v) is 10.4. The Morgan fingerprint density at radius 3 is 2.82 bits per heavy atom. The van der Waals surface area contributed by atoms with Crippen molar-refractivity contribution < 1.29 is 9.84 Å². The maximum Gasteiger partial charge on any atom is 0.0900 e. The van der Waals surface area contributed by atoms with Gasteiger partial charge in [-0.25, -0.2) is 0 Å². The number of aliphatic hydroxyl groups excluding tert-OH is 1. The maximum atomic E-state index is 9.68. The van der Waals surface area contributed by atoms with E-state index in [0.717, 1.165) is 5.69 Å². The normalized spacial score (nSPS) is 14.9. The fourth-order valence-electron chi connectivity index (χ4n) is 1.80. The second-order valence-corrected chi connectivity index (χ2v) is 4.05. The van der Waals surface area contributed by atoms with Gasteiger partial charge in [-0.2, -0.15) is 0 Å².